The van der Waals surface area contributed by atoms with Gasteiger partial charge in [0.25, 0.3) is 0 Å². The van der Waals surface area contributed by atoms with E-state index in [2.05, 4.69) is 49.2 Å². The Bertz CT molecular complexity index is 1170. The summed E-state index contributed by atoms with van der Waals surface area (Å²) in [5.41, 5.74) is 6.99. The van der Waals surface area contributed by atoms with E-state index in [1.807, 2.05) is 18.2 Å². The molecule has 0 spiro atoms. The molecule has 2 aromatic carbocycles. The van der Waals surface area contributed by atoms with E-state index in [9.17, 15) is 4.39 Å². The van der Waals surface area contributed by atoms with Crippen LogP contribution in [-0.2, 0) is 0 Å². The Morgan fingerprint density at radius 3 is 2.61 bits per heavy atom. The summed E-state index contributed by atoms with van der Waals surface area (Å²) in [6, 6.07) is 15.8. The normalized spacial score (nSPS) is 16.6. The van der Waals surface area contributed by atoms with E-state index in [0.717, 1.165) is 47.6 Å². The molecule has 0 aliphatic carbocycles. The standard InChI is InChI=1S/C26H29FIN5/c1-19-17-21(6-8-23(19)27)26-22(5-3-10-29-26)20-7-9-24-25(18-20)33(28-30-24)12-4-11-32-15-13-31(2)14-16-32/h3,5-10,17-18H,4,11-16H2,1-2H3. The highest BCUT2D eigenvalue weighted by Gasteiger charge is 2.20. The lowest BCUT2D eigenvalue weighted by Crippen LogP contribution is -2.45. The number of hydrogen-bond donors (Lipinski definition) is 0. The molecule has 0 amide bonds. The number of piperazine rings is 1. The van der Waals surface area contributed by atoms with Crippen LogP contribution in [0.15, 0.2) is 57.9 Å². The molecule has 0 N–H and O–H groups in total. The highest BCUT2D eigenvalue weighted by Crippen LogP contribution is 2.45. The first-order valence-corrected chi connectivity index (χ1v) is 13.4. The highest BCUT2D eigenvalue weighted by molar-refractivity contribution is 14.2. The van der Waals surface area contributed by atoms with E-state index < -0.39 is 0 Å². The van der Waals surface area contributed by atoms with Crippen molar-refractivity contribution in [2.24, 2.45) is 3.15 Å². The Balaban J connectivity index is 1.35. The fourth-order valence-corrected chi connectivity index (χ4v) is 6.48. The van der Waals surface area contributed by atoms with E-state index in [1.54, 1.807) is 13.1 Å². The topological polar surface area (TPSA) is 35.0 Å². The molecule has 3 heterocycles. The van der Waals surface area contributed by atoms with Crippen LogP contribution in [0.3, 0.4) is 0 Å². The minimum atomic E-state index is -0.361. The maximum absolute atomic E-state index is 13.8. The van der Waals surface area contributed by atoms with Gasteiger partial charge in [0.15, 0.2) is 0 Å². The predicted molar refractivity (Wildman–Crippen MR) is 142 cm³/mol. The third kappa shape index (κ3) is 5.00. The molecule has 5 rings (SSSR count). The zero-order valence-electron chi connectivity index (χ0n) is 19.1. The molecule has 0 saturated carbocycles. The quantitative estimate of drug-likeness (QED) is 0.274. The fraction of sp³-hybridized carbons (Fsp3) is 0.346. The summed E-state index contributed by atoms with van der Waals surface area (Å²) in [6.07, 6.45) is 2.96. The van der Waals surface area contributed by atoms with Gasteiger partial charge in [-0.3, -0.25) is 4.98 Å². The smallest absolute Gasteiger partial charge is 0.126 e. The largest absolute Gasteiger partial charge is 0.304 e. The van der Waals surface area contributed by atoms with Crippen molar-refractivity contribution < 1.29 is 4.39 Å². The molecule has 3 aromatic rings. The monoisotopic (exact) mass is 557 g/mol. The minimum Gasteiger partial charge on any atom is -0.304 e. The van der Waals surface area contributed by atoms with Crippen molar-refractivity contribution in [3.05, 3.63) is 66.1 Å². The molecule has 172 valence electrons. The second-order valence-electron chi connectivity index (χ2n) is 8.81. The second-order valence-corrected chi connectivity index (χ2v) is 10.9. The third-order valence-corrected chi connectivity index (χ3v) is 8.69. The van der Waals surface area contributed by atoms with E-state index in [0.29, 0.717) is 5.56 Å². The fourth-order valence-electron chi connectivity index (χ4n) is 4.41. The number of benzene rings is 2. The number of likely N-dealkylation sites (N-methyl/N-ethyl adjacent to an activating group) is 1. The molecule has 0 bridgehead atoms. The van der Waals surface area contributed by atoms with E-state index in [1.165, 1.54) is 37.9 Å². The number of pyridine rings is 1. The van der Waals surface area contributed by atoms with Crippen LogP contribution in [0.4, 0.5) is 15.8 Å². The number of nitrogens with zero attached hydrogens (tertiary/aromatic N) is 5. The molecule has 1 aromatic heterocycles. The van der Waals surface area contributed by atoms with Gasteiger partial charge in [0.2, 0.25) is 0 Å². The Morgan fingerprint density at radius 2 is 1.79 bits per heavy atom. The van der Waals surface area contributed by atoms with Crippen LogP contribution in [-0.4, -0.2) is 61.1 Å². The first kappa shape index (κ1) is 22.6. The maximum Gasteiger partial charge on any atom is 0.126 e. The summed E-state index contributed by atoms with van der Waals surface area (Å²) in [5, 5.41) is 0. The van der Waals surface area contributed by atoms with Gasteiger partial charge in [-0.25, -0.2) is 7.54 Å². The number of hydrogen-bond acceptors (Lipinski definition) is 5. The molecule has 1 saturated heterocycles. The summed E-state index contributed by atoms with van der Waals surface area (Å²) >= 11 is -0.361. The number of halogens is 2. The predicted octanol–water partition coefficient (Wildman–Crippen LogP) is 6.02. The van der Waals surface area contributed by atoms with Crippen LogP contribution in [0, 0.1) is 12.7 Å². The van der Waals surface area contributed by atoms with Gasteiger partial charge in [0.1, 0.15) is 27.1 Å². The Labute approximate surface area is 205 Å². The molecular weight excluding hydrogens is 528 g/mol. The van der Waals surface area contributed by atoms with Gasteiger partial charge >= 0.3 is 0 Å². The SMILES string of the molecule is Cc1cc(-c2ncccc2-c2ccc3c(c2)N(CCCN2CCN(C)CC2)I=N3)ccc1F. The van der Waals surface area contributed by atoms with Crippen LogP contribution < -0.4 is 3.11 Å². The molecular formula is C26H29FIN5. The number of aromatic nitrogens is 1. The molecule has 0 radical (unpaired) electrons. The van der Waals surface area contributed by atoms with Crippen molar-refractivity contribution in [3.63, 3.8) is 0 Å². The van der Waals surface area contributed by atoms with Gasteiger partial charge in [-0.15, -0.1) is 0 Å². The van der Waals surface area contributed by atoms with Crippen LogP contribution >= 0.6 is 21.3 Å². The molecule has 0 unspecified atom stereocenters. The second kappa shape index (κ2) is 9.95. The Hall–Kier alpha value is -2.23. The first-order valence-electron chi connectivity index (χ1n) is 11.5. The van der Waals surface area contributed by atoms with Crippen molar-refractivity contribution in [1.82, 2.24) is 14.8 Å². The summed E-state index contributed by atoms with van der Waals surface area (Å²) in [7, 11) is 2.20. The van der Waals surface area contributed by atoms with E-state index in [-0.39, 0.29) is 27.1 Å². The van der Waals surface area contributed by atoms with Crippen molar-refractivity contribution in [3.8, 4) is 22.4 Å². The van der Waals surface area contributed by atoms with E-state index >= 15 is 0 Å². The number of fused-ring (bicyclic) bond motifs is 1. The maximum atomic E-state index is 13.8. The van der Waals surface area contributed by atoms with Crippen molar-refractivity contribution in [2.75, 3.05) is 49.4 Å². The van der Waals surface area contributed by atoms with Crippen molar-refractivity contribution in [1.29, 1.82) is 0 Å². The summed E-state index contributed by atoms with van der Waals surface area (Å²) in [6.45, 7) is 8.67. The number of anilines is 1. The van der Waals surface area contributed by atoms with Gasteiger partial charge in [-0.2, -0.15) is 0 Å². The molecule has 2 aliphatic rings. The third-order valence-electron chi connectivity index (χ3n) is 6.43. The molecule has 0 atom stereocenters. The Morgan fingerprint density at radius 1 is 0.970 bits per heavy atom. The summed E-state index contributed by atoms with van der Waals surface area (Å²) in [5.74, 6) is -0.188. The lowest BCUT2D eigenvalue weighted by atomic mass is 9.97. The van der Waals surface area contributed by atoms with Crippen LogP contribution in [0.5, 0.6) is 0 Å². The lowest BCUT2D eigenvalue weighted by Gasteiger charge is -2.32. The van der Waals surface area contributed by atoms with Gasteiger partial charge in [0, 0.05) is 50.0 Å². The average molecular weight is 557 g/mol. The number of rotatable bonds is 6. The van der Waals surface area contributed by atoms with Gasteiger partial charge in [-0.05, 0) is 74.5 Å². The minimum absolute atomic E-state index is 0.188. The highest BCUT2D eigenvalue weighted by atomic mass is 127. The van der Waals surface area contributed by atoms with Crippen molar-refractivity contribution in [2.45, 2.75) is 13.3 Å². The van der Waals surface area contributed by atoms with Gasteiger partial charge in [0.05, 0.1) is 17.1 Å². The van der Waals surface area contributed by atoms with Gasteiger partial charge < -0.3 is 12.9 Å². The molecule has 5 nitrogen and oxygen atoms in total. The van der Waals surface area contributed by atoms with Gasteiger partial charge in [-0.1, -0.05) is 12.1 Å². The molecule has 1 fully saturated rings. The zero-order valence-corrected chi connectivity index (χ0v) is 21.3. The zero-order chi connectivity index (χ0) is 22.8. The lowest BCUT2D eigenvalue weighted by molar-refractivity contribution is 0.154. The molecule has 33 heavy (non-hydrogen) atoms. The Kier molecular flexibility index (Phi) is 6.80. The molecule has 7 heteroatoms. The van der Waals surface area contributed by atoms with Crippen LogP contribution in [0.1, 0.15) is 12.0 Å². The van der Waals surface area contributed by atoms with E-state index in [4.69, 9.17) is 3.15 Å². The van der Waals surface area contributed by atoms with Crippen LogP contribution in [0.25, 0.3) is 22.4 Å². The summed E-state index contributed by atoms with van der Waals surface area (Å²) in [4.78, 5) is 9.63. The molecule has 2 aliphatic heterocycles. The van der Waals surface area contributed by atoms with Crippen molar-refractivity contribution >= 4 is 32.7 Å². The van der Waals surface area contributed by atoms with Crippen LogP contribution in [0.2, 0.25) is 0 Å². The summed E-state index contributed by atoms with van der Waals surface area (Å²) < 4.78 is 21.2. The number of aryl methyl sites for hydroxylation is 1. The average Bonchev–Trinajstić information content (AvgIpc) is 3.24. The first-order chi connectivity index (χ1) is 16.1.